The standard InChI is InChI=1S/C19H18N2O4/c1-4-24-19(23)14-7-5-13(6-8-14)17-10-9-16(25-17)11-15(12-20)18(22)21(2)3/h5-11H,4H2,1-3H3/b15-11+. The number of carbonyl (C=O) groups is 2. The Hall–Kier alpha value is -3.33. The third-order valence-electron chi connectivity index (χ3n) is 3.35. The Morgan fingerprint density at radius 1 is 1.20 bits per heavy atom. The molecular formula is C19H18N2O4. The molecular weight excluding hydrogens is 320 g/mol. The van der Waals surface area contributed by atoms with Gasteiger partial charge in [0.15, 0.2) is 0 Å². The molecule has 1 aromatic carbocycles. The molecule has 0 aliphatic carbocycles. The highest BCUT2D eigenvalue weighted by molar-refractivity contribution is 6.01. The van der Waals surface area contributed by atoms with E-state index in [1.807, 2.05) is 6.07 Å². The van der Waals surface area contributed by atoms with Gasteiger partial charge in [0.05, 0.1) is 12.2 Å². The molecule has 0 saturated heterocycles. The lowest BCUT2D eigenvalue weighted by Crippen LogP contribution is -2.22. The number of rotatable bonds is 5. The van der Waals surface area contributed by atoms with Gasteiger partial charge in [-0.05, 0) is 31.2 Å². The zero-order chi connectivity index (χ0) is 18.4. The molecule has 6 nitrogen and oxygen atoms in total. The van der Waals surface area contributed by atoms with Gasteiger partial charge in [0.1, 0.15) is 23.2 Å². The number of esters is 1. The number of carbonyl (C=O) groups excluding carboxylic acids is 2. The number of nitriles is 1. The summed E-state index contributed by atoms with van der Waals surface area (Å²) in [6, 6.07) is 12.1. The molecule has 1 heterocycles. The Labute approximate surface area is 145 Å². The summed E-state index contributed by atoms with van der Waals surface area (Å²) >= 11 is 0. The van der Waals surface area contributed by atoms with Crippen LogP contribution in [0.4, 0.5) is 0 Å². The number of likely N-dealkylation sites (N-methyl/N-ethyl adjacent to an activating group) is 1. The van der Waals surface area contributed by atoms with E-state index < -0.39 is 0 Å². The van der Waals surface area contributed by atoms with Crippen LogP contribution in [0.3, 0.4) is 0 Å². The first-order valence-electron chi connectivity index (χ1n) is 7.67. The molecule has 0 aliphatic rings. The minimum atomic E-state index is -0.390. The lowest BCUT2D eigenvalue weighted by molar-refractivity contribution is -0.124. The van der Waals surface area contributed by atoms with Crippen LogP contribution in [-0.2, 0) is 9.53 Å². The van der Waals surface area contributed by atoms with Gasteiger partial charge in [0.2, 0.25) is 0 Å². The van der Waals surface area contributed by atoms with Crippen molar-refractivity contribution in [3.8, 4) is 17.4 Å². The largest absolute Gasteiger partial charge is 0.462 e. The summed E-state index contributed by atoms with van der Waals surface area (Å²) in [5.41, 5.74) is 1.22. The molecule has 1 aromatic heterocycles. The van der Waals surface area contributed by atoms with Crippen molar-refractivity contribution in [3.05, 3.63) is 53.3 Å². The van der Waals surface area contributed by atoms with Gasteiger partial charge in [0.25, 0.3) is 5.91 Å². The monoisotopic (exact) mass is 338 g/mol. The van der Waals surface area contributed by atoms with Gasteiger partial charge >= 0.3 is 5.97 Å². The average molecular weight is 338 g/mol. The maximum atomic E-state index is 11.9. The molecule has 0 radical (unpaired) electrons. The molecule has 0 unspecified atom stereocenters. The van der Waals surface area contributed by atoms with Crippen molar-refractivity contribution >= 4 is 18.0 Å². The fourth-order valence-electron chi connectivity index (χ4n) is 2.10. The van der Waals surface area contributed by atoms with E-state index in [-0.39, 0.29) is 17.4 Å². The number of amides is 1. The first-order chi connectivity index (χ1) is 12.0. The van der Waals surface area contributed by atoms with Crippen molar-refractivity contribution in [2.75, 3.05) is 20.7 Å². The van der Waals surface area contributed by atoms with Gasteiger partial charge < -0.3 is 14.1 Å². The Morgan fingerprint density at radius 2 is 1.88 bits per heavy atom. The van der Waals surface area contributed by atoms with Crippen LogP contribution < -0.4 is 0 Å². The van der Waals surface area contributed by atoms with E-state index in [9.17, 15) is 9.59 Å². The number of hydrogen-bond acceptors (Lipinski definition) is 5. The topological polar surface area (TPSA) is 83.5 Å². The molecule has 0 atom stereocenters. The van der Waals surface area contributed by atoms with E-state index in [4.69, 9.17) is 14.4 Å². The van der Waals surface area contributed by atoms with Crippen LogP contribution >= 0.6 is 0 Å². The molecule has 0 bridgehead atoms. The molecule has 0 saturated carbocycles. The summed E-state index contributed by atoms with van der Waals surface area (Å²) in [4.78, 5) is 24.8. The first kappa shape index (κ1) is 18.0. The molecule has 6 heteroatoms. The number of ether oxygens (including phenoxy) is 1. The van der Waals surface area contributed by atoms with E-state index in [0.717, 1.165) is 5.56 Å². The molecule has 0 aliphatic heterocycles. The summed E-state index contributed by atoms with van der Waals surface area (Å²) in [6.07, 6.45) is 1.40. The van der Waals surface area contributed by atoms with Gasteiger partial charge in [-0.1, -0.05) is 12.1 Å². The third-order valence-corrected chi connectivity index (χ3v) is 3.35. The average Bonchev–Trinajstić information content (AvgIpc) is 3.08. The molecule has 2 aromatic rings. The van der Waals surface area contributed by atoms with Crippen LogP contribution in [0.15, 0.2) is 46.4 Å². The highest BCUT2D eigenvalue weighted by Crippen LogP contribution is 2.24. The van der Waals surface area contributed by atoms with E-state index >= 15 is 0 Å². The SMILES string of the molecule is CCOC(=O)c1ccc(-c2ccc(/C=C(\C#N)C(=O)N(C)C)o2)cc1. The minimum absolute atomic E-state index is 0.0106. The Kier molecular flexibility index (Phi) is 5.75. The van der Waals surface area contributed by atoms with Crippen molar-refractivity contribution in [1.82, 2.24) is 4.90 Å². The number of hydrogen-bond donors (Lipinski definition) is 0. The first-order valence-corrected chi connectivity index (χ1v) is 7.67. The normalized spacial score (nSPS) is 10.9. The summed E-state index contributed by atoms with van der Waals surface area (Å²) in [7, 11) is 3.15. The molecule has 0 N–H and O–H groups in total. The second-order valence-electron chi connectivity index (χ2n) is 5.37. The van der Waals surface area contributed by atoms with E-state index in [2.05, 4.69) is 0 Å². The second-order valence-corrected chi connectivity index (χ2v) is 5.37. The van der Waals surface area contributed by atoms with Crippen LogP contribution in [0.25, 0.3) is 17.4 Å². The lowest BCUT2D eigenvalue weighted by Gasteiger charge is -2.07. The quantitative estimate of drug-likeness (QED) is 0.475. The highest BCUT2D eigenvalue weighted by atomic mass is 16.5. The molecule has 25 heavy (non-hydrogen) atoms. The van der Waals surface area contributed by atoms with Crippen LogP contribution in [0, 0.1) is 11.3 Å². The summed E-state index contributed by atoms with van der Waals surface area (Å²) in [5.74, 6) is 0.199. The second kappa shape index (κ2) is 7.97. The number of benzene rings is 1. The van der Waals surface area contributed by atoms with Gasteiger partial charge in [-0.25, -0.2) is 4.79 Å². The fourth-order valence-corrected chi connectivity index (χ4v) is 2.10. The Balaban J connectivity index is 2.22. The van der Waals surface area contributed by atoms with E-state index in [0.29, 0.717) is 23.7 Å². The lowest BCUT2D eigenvalue weighted by atomic mass is 10.1. The van der Waals surface area contributed by atoms with Gasteiger partial charge in [-0.15, -0.1) is 0 Å². The number of nitrogens with zero attached hydrogens (tertiary/aromatic N) is 2. The smallest absolute Gasteiger partial charge is 0.338 e. The zero-order valence-electron chi connectivity index (χ0n) is 14.3. The van der Waals surface area contributed by atoms with Crippen molar-refractivity contribution in [1.29, 1.82) is 5.26 Å². The van der Waals surface area contributed by atoms with Crippen LogP contribution in [-0.4, -0.2) is 37.5 Å². The van der Waals surface area contributed by atoms with Gasteiger partial charge in [-0.3, -0.25) is 4.79 Å². The molecule has 2 rings (SSSR count). The van der Waals surface area contributed by atoms with Crippen LogP contribution in [0.5, 0.6) is 0 Å². The molecule has 1 amide bonds. The molecule has 0 fully saturated rings. The zero-order valence-corrected chi connectivity index (χ0v) is 14.3. The molecule has 128 valence electrons. The maximum Gasteiger partial charge on any atom is 0.338 e. The fraction of sp³-hybridized carbons (Fsp3) is 0.211. The van der Waals surface area contributed by atoms with Crippen LogP contribution in [0.1, 0.15) is 23.0 Å². The number of furan rings is 1. The van der Waals surface area contributed by atoms with E-state index in [1.54, 1.807) is 57.4 Å². The van der Waals surface area contributed by atoms with Crippen molar-refractivity contribution in [3.63, 3.8) is 0 Å². The summed E-state index contributed by atoms with van der Waals surface area (Å²) in [6.45, 7) is 2.07. The van der Waals surface area contributed by atoms with Crippen molar-refractivity contribution in [2.45, 2.75) is 6.92 Å². The van der Waals surface area contributed by atoms with Gasteiger partial charge in [0, 0.05) is 25.7 Å². The maximum absolute atomic E-state index is 11.9. The highest BCUT2D eigenvalue weighted by Gasteiger charge is 2.13. The summed E-state index contributed by atoms with van der Waals surface area (Å²) < 4.78 is 10.6. The van der Waals surface area contributed by atoms with Crippen molar-refractivity contribution in [2.24, 2.45) is 0 Å². The summed E-state index contributed by atoms with van der Waals surface area (Å²) in [5, 5.41) is 9.11. The Bertz CT molecular complexity index is 839. The van der Waals surface area contributed by atoms with Crippen molar-refractivity contribution < 1.29 is 18.7 Å². The predicted octanol–water partition coefficient (Wildman–Crippen LogP) is 3.12. The van der Waals surface area contributed by atoms with Gasteiger partial charge in [-0.2, -0.15) is 5.26 Å². The third kappa shape index (κ3) is 4.36. The predicted molar refractivity (Wildman–Crippen MR) is 92.4 cm³/mol. The molecule has 0 spiro atoms. The van der Waals surface area contributed by atoms with E-state index in [1.165, 1.54) is 11.0 Å². The van der Waals surface area contributed by atoms with Crippen LogP contribution in [0.2, 0.25) is 0 Å². The minimum Gasteiger partial charge on any atom is -0.462 e. The Morgan fingerprint density at radius 3 is 2.44 bits per heavy atom.